The molecule has 2 aromatic carbocycles. The van der Waals surface area contributed by atoms with Gasteiger partial charge in [0.2, 0.25) is 0 Å². The van der Waals surface area contributed by atoms with Gasteiger partial charge in [-0.05, 0) is 31.0 Å². The molecule has 124 valence electrons. The summed E-state index contributed by atoms with van der Waals surface area (Å²) in [6.07, 6.45) is 2.25. The van der Waals surface area contributed by atoms with E-state index in [1.54, 1.807) is 0 Å². The summed E-state index contributed by atoms with van der Waals surface area (Å²) in [5.41, 5.74) is 11.0. The van der Waals surface area contributed by atoms with Crippen LogP contribution >= 0.6 is 0 Å². The molecule has 1 atom stereocenters. The minimum atomic E-state index is -0.193. The molecule has 0 aliphatic heterocycles. The molecule has 0 bridgehead atoms. The molecule has 24 heavy (non-hydrogen) atoms. The Morgan fingerprint density at radius 2 is 1.96 bits per heavy atom. The van der Waals surface area contributed by atoms with E-state index in [2.05, 4.69) is 36.2 Å². The summed E-state index contributed by atoms with van der Waals surface area (Å²) in [6.45, 7) is 4.27. The predicted octanol–water partition coefficient (Wildman–Crippen LogP) is 4.14. The Bertz CT molecular complexity index is 850. The highest BCUT2D eigenvalue weighted by Crippen LogP contribution is 2.35. The van der Waals surface area contributed by atoms with Crippen LogP contribution in [0, 0.1) is 6.92 Å². The summed E-state index contributed by atoms with van der Waals surface area (Å²) in [4.78, 5) is 15.4. The lowest BCUT2D eigenvalue weighted by Gasteiger charge is -2.17. The summed E-state index contributed by atoms with van der Waals surface area (Å²) in [5, 5.41) is 1.05. The van der Waals surface area contributed by atoms with Gasteiger partial charge in [-0.15, -0.1) is 0 Å². The molecular formula is C20H22N2O2. The number of nitrogen functional groups attached to an aromatic ring is 1. The molecule has 0 radical (unpaired) electrons. The molecule has 0 fully saturated rings. The third kappa shape index (κ3) is 3.13. The fourth-order valence-electron chi connectivity index (χ4n) is 3.08. The smallest absolute Gasteiger partial charge is 0.306 e. The molecule has 0 saturated heterocycles. The molecular weight excluding hydrogens is 300 g/mol. The number of hydrogen-bond donors (Lipinski definition) is 2. The maximum absolute atomic E-state index is 12.1. The van der Waals surface area contributed by atoms with Gasteiger partial charge in [-0.2, -0.15) is 0 Å². The number of rotatable bonds is 5. The standard InChI is InChI=1S/C20H22N2O2/c1-3-24-19(23)11-16(14-9-7-13(2)8-10-14)17-12-22-20-15(17)5-4-6-18(20)21/h4-10,12,16,22H,3,11,21H2,1-2H3. The van der Waals surface area contributed by atoms with Crippen LogP contribution < -0.4 is 5.73 Å². The van der Waals surface area contributed by atoms with Crippen molar-refractivity contribution in [3.8, 4) is 0 Å². The molecule has 1 aromatic heterocycles. The molecule has 0 aliphatic rings. The lowest BCUT2D eigenvalue weighted by molar-refractivity contribution is -0.143. The molecule has 0 spiro atoms. The van der Waals surface area contributed by atoms with Crippen LogP contribution in [-0.2, 0) is 9.53 Å². The number of ether oxygens (including phenoxy) is 1. The maximum Gasteiger partial charge on any atom is 0.306 e. The second-order valence-corrected chi connectivity index (χ2v) is 5.99. The van der Waals surface area contributed by atoms with Gasteiger partial charge in [-0.3, -0.25) is 4.79 Å². The summed E-state index contributed by atoms with van der Waals surface area (Å²) >= 11 is 0. The topological polar surface area (TPSA) is 68.1 Å². The number of carbonyl (C=O) groups is 1. The van der Waals surface area contributed by atoms with Crippen LogP contribution in [0.5, 0.6) is 0 Å². The number of hydrogen-bond acceptors (Lipinski definition) is 3. The van der Waals surface area contributed by atoms with Gasteiger partial charge < -0.3 is 15.5 Å². The molecule has 4 nitrogen and oxygen atoms in total. The van der Waals surface area contributed by atoms with E-state index < -0.39 is 0 Å². The highest BCUT2D eigenvalue weighted by atomic mass is 16.5. The van der Waals surface area contributed by atoms with E-state index in [-0.39, 0.29) is 11.9 Å². The zero-order valence-corrected chi connectivity index (χ0v) is 14.0. The summed E-state index contributed by atoms with van der Waals surface area (Å²) < 4.78 is 5.18. The van der Waals surface area contributed by atoms with Gasteiger partial charge in [-0.25, -0.2) is 0 Å². The van der Waals surface area contributed by atoms with Crippen LogP contribution in [-0.4, -0.2) is 17.6 Å². The monoisotopic (exact) mass is 322 g/mol. The van der Waals surface area contributed by atoms with Crippen LogP contribution in [0.3, 0.4) is 0 Å². The number of nitrogens with one attached hydrogen (secondary N) is 1. The first kappa shape index (κ1) is 16.1. The average molecular weight is 322 g/mol. The van der Waals surface area contributed by atoms with E-state index in [0.29, 0.717) is 18.7 Å². The number of fused-ring (bicyclic) bond motifs is 1. The number of aromatic nitrogens is 1. The van der Waals surface area contributed by atoms with E-state index in [0.717, 1.165) is 22.0 Å². The number of nitrogens with two attached hydrogens (primary N) is 1. The molecule has 1 unspecified atom stereocenters. The van der Waals surface area contributed by atoms with E-state index in [1.807, 2.05) is 31.3 Å². The Balaban J connectivity index is 2.07. The number of aromatic amines is 1. The number of aryl methyl sites for hydroxylation is 1. The normalized spacial score (nSPS) is 12.2. The summed E-state index contributed by atoms with van der Waals surface area (Å²) in [6, 6.07) is 14.1. The number of esters is 1. The van der Waals surface area contributed by atoms with E-state index in [1.165, 1.54) is 5.56 Å². The second kappa shape index (κ2) is 6.79. The van der Waals surface area contributed by atoms with E-state index in [9.17, 15) is 4.79 Å². The molecule has 3 rings (SSSR count). The largest absolute Gasteiger partial charge is 0.466 e. The molecule has 3 N–H and O–H groups in total. The van der Waals surface area contributed by atoms with Crippen molar-refractivity contribution in [2.45, 2.75) is 26.2 Å². The van der Waals surface area contributed by atoms with Gasteiger partial charge in [0.25, 0.3) is 0 Å². The van der Waals surface area contributed by atoms with Crippen molar-refractivity contribution in [1.82, 2.24) is 4.98 Å². The lowest BCUT2D eigenvalue weighted by Crippen LogP contribution is -2.11. The number of para-hydroxylation sites is 1. The van der Waals surface area contributed by atoms with Crippen molar-refractivity contribution >= 4 is 22.6 Å². The van der Waals surface area contributed by atoms with Crippen molar-refractivity contribution in [1.29, 1.82) is 0 Å². The Morgan fingerprint density at radius 1 is 1.21 bits per heavy atom. The third-order valence-electron chi connectivity index (χ3n) is 4.31. The number of H-pyrrole nitrogens is 1. The van der Waals surface area contributed by atoms with Crippen molar-refractivity contribution in [2.75, 3.05) is 12.3 Å². The van der Waals surface area contributed by atoms with Crippen LogP contribution in [0.4, 0.5) is 5.69 Å². The zero-order valence-electron chi connectivity index (χ0n) is 14.0. The van der Waals surface area contributed by atoms with Gasteiger partial charge in [0, 0.05) is 17.5 Å². The highest BCUT2D eigenvalue weighted by Gasteiger charge is 2.22. The molecule has 4 heteroatoms. The Morgan fingerprint density at radius 3 is 2.67 bits per heavy atom. The minimum Gasteiger partial charge on any atom is -0.466 e. The van der Waals surface area contributed by atoms with Crippen molar-refractivity contribution < 1.29 is 9.53 Å². The minimum absolute atomic E-state index is 0.0693. The molecule has 0 aliphatic carbocycles. The van der Waals surface area contributed by atoms with Gasteiger partial charge in [-0.1, -0.05) is 42.0 Å². The van der Waals surface area contributed by atoms with Gasteiger partial charge in [0.15, 0.2) is 0 Å². The van der Waals surface area contributed by atoms with Gasteiger partial charge in [0.05, 0.1) is 24.2 Å². The first-order valence-electron chi connectivity index (χ1n) is 8.17. The number of carbonyl (C=O) groups excluding carboxylic acids is 1. The fraction of sp³-hybridized carbons (Fsp3) is 0.250. The van der Waals surface area contributed by atoms with Crippen LogP contribution in [0.15, 0.2) is 48.7 Å². The Kier molecular flexibility index (Phi) is 4.56. The van der Waals surface area contributed by atoms with E-state index in [4.69, 9.17) is 10.5 Å². The third-order valence-corrected chi connectivity index (χ3v) is 4.31. The molecule has 1 heterocycles. The number of anilines is 1. The molecule has 0 saturated carbocycles. The van der Waals surface area contributed by atoms with Crippen LogP contribution in [0.1, 0.15) is 36.0 Å². The first-order valence-corrected chi connectivity index (χ1v) is 8.17. The quantitative estimate of drug-likeness (QED) is 0.548. The average Bonchev–Trinajstić information content (AvgIpc) is 2.99. The first-order chi connectivity index (χ1) is 11.6. The Hall–Kier alpha value is -2.75. The van der Waals surface area contributed by atoms with Crippen molar-refractivity contribution in [3.05, 3.63) is 65.4 Å². The fourth-order valence-corrected chi connectivity index (χ4v) is 3.08. The van der Waals surface area contributed by atoms with E-state index >= 15 is 0 Å². The Labute approximate surface area is 141 Å². The highest BCUT2D eigenvalue weighted by molar-refractivity contribution is 5.93. The maximum atomic E-state index is 12.1. The number of benzene rings is 2. The lowest BCUT2D eigenvalue weighted by atomic mass is 9.88. The molecule has 3 aromatic rings. The van der Waals surface area contributed by atoms with Crippen molar-refractivity contribution in [2.24, 2.45) is 0 Å². The van der Waals surface area contributed by atoms with Gasteiger partial charge in [0.1, 0.15) is 0 Å². The van der Waals surface area contributed by atoms with Crippen molar-refractivity contribution in [3.63, 3.8) is 0 Å². The summed E-state index contributed by atoms with van der Waals surface area (Å²) in [7, 11) is 0. The van der Waals surface area contributed by atoms with Crippen LogP contribution in [0.2, 0.25) is 0 Å². The van der Waals surface area contributed by atoms with Gasteiger partial charge >= 0.3 is 5.97 Å². The SMILES string of the molecule is CCOC(=O)CC(c1ccc(C)cc1)c1c[nH]c2c(N)cccc12. The molecule has 0 amide bonds. The second-order valence-electron chi connectivity index (χ2n) is 5.99. The predicted molar refractivity (Wildman–Crippen MR) is 97.0 cm³/mol. The van der Waals surface area contributed by atoms with Crippen LogP contribution in [0.25, 0.3) is 10.9 Å². The zero-order chi connectivity index (χ0) is 17.1. The summed E-state index contributed by atoms with van der Waals surface area (Å²) in [5.74, 6) is -0.262.